The molecule has 3 unspecified atom stereocenters. The van der Waals surface area contributed by atoms with Crippen molar-refractivity contribution in [3.05, 3.63) is 78.3 Å². The van der Waals surface area contributed by atoms with Gasteiger partial charge in [-0.3, -0.25) is 9.59 Å². The van der Waals surface area contributed by atoms with Crippen LogP contribution in [0, 0.1) is 23.6 Å². The third-order valence-corrected chi connectivity index (χ3v) is 7.79. The fourth-order valence-electron chi connectivity index (χ4n) is 5.92. The average Bonchev–Trinajstić information content (AvgIpc) is 3.68. The molecular formula is C29H29FN6O2. The van der Waals surface area contributed by atoms with Gasteiger partial charge < -0.3 is 21.3 Å². The number of amides is 2. The minimum Gasteiger partial charge on any atom is -0.369 e. The first-order valence-electron chi connectivity index (χ1n) is 13.0. The largest absolute Gasteiger partial charge is 0.369 e. The number of primary amides is 1. The van der Waals surface area contributed by atoms with Crippen LogP contribution in [-0.2, 0) is 4.79 Å². The number of hydrogen-bond acceptors (Lipinski definition) is 6. The fraction of sp³-hybridized carbons (Fsp3) is 0.310. The molecule has 0 radical (unpaired) electrons. The number of halogens is 1. The van der Waals surface area contributed by atoms with Crippen LogP contribution >= 0.6 is 0 Å². The summed E-state index contributed by atoms with van der Waals surface area (Å²) < 4.78 is 13.6. The van der Waals surface area contributed by atoms with Crippen LogP contribution in [0.25, 0.3) is 11.1 Å². The van der Waals surface area contributed by atoms with Gasteiger partial charge in [0.05, 0.1) is 5.92 Å². The molecule has 0 spiro atoms. The van der Waals surface area contributed by atoms with E-state index in [-0.39, 0.29) is 41.4 Å². The quantitative estimate of drug-likeness (QED) is 0.406. The third-order valence-electron chi connectivity index (χ3n) is 7.79. The van der Waals surface area contributed by atoms with Crippen LogP contribution in [0.3, 0.4) is 0 Å². The normalized spacial score (nSPS) is 23.6. The summed E-state index contributed by atoms with van der Waals surface area (Å²) in [7, 11) is 0. The lowest BCUT2D eigenvalue weighted by Gasteiger charge is -2.28. The molecule has 2 bridgehead atoms. The minimum absolute atomic E-state index is 0.0166. The highest BCUT2D eigenvalue weighted by Gasteiger charge is 2.47. The van der Waals surface area contributed by atoms with E-state index in [2.05, 4.69) is 27.8 Å². The van der Waals surface area contributed by atoms with Crippen LogP contribution in [-0.4, -0.2) is 45.8 Å². The molecule has 2 aromatic carbocycles. The van der Waals surface area contributed by atoms with Crippen molar-refractivity contribution in [2.24, 2.45) is 23.5 Å². The van der Waals surface area contributed by atoms with E-state index in [0.29, 0.717) is 28.6 Å². The van der Waals surface area contributed by atoms with Crippen LogP contribution in [0.15, 0.2) is 66.9 Å². The number of carbonyl (C=O) groups is 2. The number of nitrogens with zero attached hydrogens (tertiary/aromatic N) is 3. The smallest absolute Gasteiger partial charge is 0.253 e. The van der Waals surface area contributed by atoms with Crippen molar-refractivity contribution in [1.82, 2.24) is 14.9 Å². The lowest BCUT2D eigenvalue weighted by molar-refractivity contribution is -0.122. The van der Waals surface area contributed by atoms with Crippen molar-refractivity contribution in [1.29, 1.82) is 0 Å². The average molecular weight is 513 g/mol. The number of likely N-dealkylation sites (tertiary alicyclic amines) is 1. The second-order valence-corrected chi connectivity index (χ2v) is 10.2. The number of nitrogens with two attached hydrogens (primary N) is 1. The summed E-state index contributed by atoms with van der Waals surface area (Å²) in [6.45, 7) is 1.56. The molecule has 6 rings (SSSR count). The summed E-state index contributed by atoms with van der Waals surface area (Å²) in [6.07, 6.45) is 8.80. The van der Waals surface area contributed by atoms with Gasteiger partial charge in [0.2, 0.25) is 11.9 Å². The summed E-state index contributed by atoms with van der Waals surface area (Å²) in [6, 6.07) is 13.2. The Bertz CT molecular complexity index is 1400. The van der Waals surface area contributed by atoms with Gasteiger partial charge in [0, 0.05) is 42.1 Å². The van der Waals surface area contributed by atoms with Crippen LogP contribution < -0.4 is 16.4 Å². The van der Waals surface area contributed by atoms with Gasteiger partial charge >= 0.3 is 0 Å². The van der Waals surface area contributed by atoms with E-state index in [0.717, 1.165) is 37.9 Å². The molecule has 1 saturated carbocycles. The van der Waals surface area contributed by atoms with Crippen LogP contribution in [0.4, 0.5) is 21.8 Å². The standard InChI is InChI=1S/C29H29FN6O2/c30-21-10-8-17(9-11-21)23-16-32-29(33-22-5-3-4-20(15-22)28(38)36-12-1-2-13-36)35-27(23)34-25-19-7-6-18(14-19)24(25)26(31)37/h3-11,15-16,18-19,24-25H,1-2,12-14H2,(H2,31,37)(H2,32,33,34,35)/t18-,19?,24?,25?/m1/s1. The Morgan fingerprint density at radius 1 is 1.03 bits per heavy atom. The first kappa shape index (κ1) is 24.1. The molecule has 1 saturated heterocycles. The molecule has 2 heterocycles. The first-order chi connectivity index (χ1) is 18.5. The first-order valence-corrected chi connectivity index (χ1v) is 13.0. The monoisotopic (exact) mass is 512 g/mol. The molecule has 1 aliphatic heterocycles. The van der Waals surface area contributed by atoms with E-state index in [1.807, 2.05) is 23.1 Å². The van der Waals surface area contributed by atoms with E-state index >= 15 is 0 Å². The third kappa shape index (κ3) is 4.60. The molecule has 2 amide bonds. The van der Waals surface area contributed by atoms with Gasteiger partial charge in [-0.15, -0.1) is 0 Å². The fourth-order valence-corrected chi connectivity index (χ4v) is 5.92. The zero-order chi connectivity index (χ0) is 26.2. The lowest BCUT2D eigenvalue weighted by Crippen LogP contribution is -2.41. The highest BCUT2D eigenvalue weighted by atomic mass is 19.1. The molecule has 194 valence electrons. The molecule has 2 fully saturated rings. The van der Waals surface area contributed by atoms with Crippen molar-refractivity contribution < 1.29 is 14.0 Å². The Kier molecular flexibility index (Phi) is 6.27. The Morgan fingerprint density at radius 2 is 1.79 bits per heavy atom. The molecule has 3 aliphatic rings. The maximum Gasteiger partial charge on any atom is 0.253 e. The number of carbonyl (C=O) groups excluding carboxylic acids is 2. The Hall–Kier alpha value is -4.27. The van der Waals surface area contributed by atoms with Crippen molar-refractivity contribution in [3.8, 4) is 11.1 Å². The number of benzene rings is 2. The Labute approximate surface area is 220 Å². The number of anilines is 3. The predicted octanol–water partition coefficient (Wildman–Crippen LogP) is 4.35. The zero-order valence-electron chi connectivity index (χ0n) is 20.8. The number of fused-ring (bicyclic) bond motifs is 2. The maximum absolute atomic E-state index is 13.6. The van der Waals surface area contributed by atoms with Gasteiger partial charge in [0.1, 0.15) is 11.6 Å². The van der Waals surface area contributed by atoms with Crippen molar-refractivity contribution in [2.45, 2.75) is 25.3 Å². The van der Waals surface area contributed by atoms with E-state index in [4.69, 9.17) is 10.7 Å². The molecule has 4 atom stereocenters. The molecule has 38 heavy (non-hydrogen) atoms. The molecule has 3 aromatic rings. The van der Waals surface area contributed by atoms with Gasteiger partial charge in [-0.1, -0.05) is 30.4 Å². The van der Waals surface area contributed by atoms with Crippen molar-refractivity contribution in [3.63, 3.8) is 0 Å². The summed E-state index contributed by atoms with van der Waals surface area (Å²) in [5.74, 6) is 0.132. The highest BCUT2D eigenvalue weighted by Crippen LogP contribution is 2.45. The van der Waals surface area contributed by atoms with Gasteiger partial charge in [-0.05, 0) is 67.0 Å². The molecule has 1 aromatic heterocycles. The second kappa shape index (κ2) is 9.89. The number of allylic oxidation sites excluding steroid dienone is 1. The summed E-state index contributed by atoms with van der Waals surface area (Å²) in [5.41, 5.74) is 8.50. The number of aromatic nitrogens is 2. The van der Waals surface area contributed by atoms with Crippen LogP contribution in [0.5, 0.6) is 0 Å². The number of nitrogens with one attached hydrogen (secondary N) is 2. The molecule has 4 N–H and O–H groups in total. The molecule has 9 heteroatoms. The van der Waals surface area contributed by atoms with Crippen LogP contribution in [0.1, 0.15) is 29.6 Å². The van der Waals surface area contributed by atoms with E-state index in [1.54, 1.807) is 24.4 Å². The van der Waals surface area contributed by atoms with Crippen molar-refractivity contribution in [2.75, 3.05) is 23.7 Å². The van der Waals surface area contributed by atoms with Gasteiger partial charge in [0.15, 0.2) is 0 Å². The topological polar surface area (TPSA) is 113 Å². The van der Waals surface area contributed by atoms with E-state index < -0.39 is 0 Å². The molecular weight excluding hydrogens is 483 g/mol. The molecule has 2 aliphatic carbocycles. The Morgan fingerprint density at radius 3 is 2.55 bits per heavy atom. The van der Waals surface area contributed by atoms with Gasteiger partial charge in [0.25, 0.3) is 5.91 Å². The van der Waals surface area contributed by atoms with Gasteiger partial charge in [-0.25, -0.2) is 9.37 Å². The highest BCUT2D eigenvalue weighted by molar-refractivity contribution is 5.95. The van der Waals surface area contributed by atoms with E-state index in [9.17, 15) is 14.0 Å². The SMILES string of the molecule is NC(=O)C1C(Nc2nc(Nc3cccc(C(=O)N4CCCC4)c3)ncc2-c2ccc(F)cc2)C2C=C[C@@H]1C2. The number of hydrogen-bond donors (Lipinski definition) is 3. The summed E-state index contributed by atoms with van der Waals surface area (Å²) in [5, 5.41) is 6.69. The molecule has 8 nitrogen and oxygen atoms in total. The zero-order valence-corrected chi connectivity index (χ0v) is 20.8. The van der Waals surface area contributed by atoms with Crippen molar-refractivity contribution >= 4 is 29.3 Å². The summed E-state index contributed by atoms with van der Waals surface area (Å²) in [4.78, 5) is 36.3. The minimum atomic E-state index is -0.342. The Balaban J connectivity index is 1.31. The second-order valence-electron chi connectivity index (χ2n) is 10.2. The number of rotatable bonds is 7. The van der Waals surface area contributed by atoms with Crippen LogP contribution in [0.2, 0.25) is 0 Å². The summed E-state index contributed by atoms with van der Waals surface area (Å²) >= 11 is 0. The maximum atomic E-state index is 13.6. The predicted molar refractivity (Wildman–Crippen MR) is 143 cm³/mol. The van der Waals surface area contributed by atoms with Gasteiger partial charge in [-0.2, -0.15) is 4.98 Å². The lowest BCUT2D eigenvalue weighted by atomic mass is 9.88. The van der Waals surface area contributed by atoms with E-state index in [1.165, 1.54) is 12.1 Å².